The van der Waals surface area contributed by atoms with Crippen molar-refractivity contribution in [2.24, 2.45) is 5.92 Å². The minimum atomic E-state index is -1.01. The summed E-state index contributed by atoms with van der Waals surface area (Å²) in [5.74, 6) is -1.98. The summed E-state index contributed by atoms with van der Waals surface area (Å²) in [7, 11) is 0. The molecule has 0 heterocycles. The SMILES string of the molecule is O=C(NC[C@H](O)COc1ccc(F)c(F)c1)[C@H]1CC=CCC1. The second-order valence-electron chi connectivity index (χ2n) is 5.27. The van der Waals surface area contributed by atoms with Gasteiger partial charge in [-0.15, -0.1) is 0 Å². The Bertz CT molecular complexity index is 548. The molecule has 0 aromatic heterocycles. The van der Waals surface area contributed by atoms with Gasteiger partial charge in [0, 0.05) is 18.5 Å². The number of carbonyl (C=O) groups excluding carboxylic acids is 1. The van der Waals surface area contributed by atoms with Crippen LogP contribution >= 0.6 is 0 Å². The van der Waals surface area contributed by atoms with Gasteiger partial charge in [0.25, 0.3) is 0 Å². The molecule has 4 nitrogen and oxygen atoms in total. The van der Waals surface area contributed by atoms with Crippen LogP contribution in [0.1, 0.15) is 19.3 Å². The number of ether oxygens (including phenoxy) is 1. The zero-order valence-corrected chi connectivity index (χ0v) is 12.1. The van der Waals surface area contributed by atoms with Crippen molar-refractivity contribution in [3.8, 4) is 5.75 Å². The van der Waals surface area contributed by atoms with Crippen molar-refractivity contribution in [1.82, 2.24) is 5.32 Å². The molecule has 1 aliphatic carbocycles. The first-order valence-electron chi connectivity index (χ1n) is 7.25. The zero-order valence-electron chi connectivity index (χ0n) is 12.1. The molecule has 0 radical (unpaired) electrons. The average molecular weight is 311 g/mol. The van der Waals surface area contributed by atoms with Gasteiger partial charge in [0.15, 0.2) is 11.6 Å². The normalized spacial score (nSPS) is 18.8. The molecule has 1 aromatic carbocycles. The molecule has 0 bridgehead atoms. The number of amides is 1. The molecule has 2 N–H and O–H groups in total. The lowest BCUT2D eigenvalue weighted by Crippen LogP contribution is -2.38. The second-order valence-corrected chi connectivity index (χ2v) is 5.27. The fourth-order valence-corrected chi connectivity index (χ4v) is 2.21. The van der Waals surface area contributed by atoms with Crippen LogP contribution in [0.5, 0.6) is 5.75 Å². The summed E-state index contributed by atoms with van der Waals surface area (Å²) in [4.78, 5) is 11.9. The van der Waals surface area contributed by atoms with Crippen LogP contribution in [-0.2, 0) is 4.79 Å². The number of carbonyl (C=O) groups is 1. The first-order valence-corrected chi connectivity index (χ1v) is 7.25. The monoisotopic (exact) mass is 311 g/mol. The molecule has 0 aliphatic heterocycles. The molecule has 120 valence electrons. The average Bonchev–Trinajstić information content (AvgIpc) is 2.54. The second kappa shape index (κ2) is 7.89. The third kappa shape index (κ3) is 4.80. The van der Waals surface area contributed by atoms with Crippen LogP contribution in [0.15, 0.2) is 30.4 Å². The molecule has 0 fully saturated rings. The first-order chi connectivity index (χ1) is 10.6. The van der Waals surface area contributed by atoms with Gasteiger partial charge in [0.2, 0.25) is 5.91 Å². The maximum Gasteiger partial charge on any atom is 0.223 e. The lowest BCUT2D eigenvalue weighted by Gasteiger charge is -2.19. The summed E-state index contributed by atoms with van der Waals surface area (Å²) in [6, 6.07) is 3.14. The lowest BCUT2D eigenvalue weighted by atomic mass is 9.94. The lowest BCUT2D eigenvalue weighted by molar-refractivity contribution is -0.125. The van der Waals surface area contributed by atoms with Gasteiger partial charge in [-0.2, -0.15) is 0 Å². The first kappa shape index (κ1) is 16.4. The van der Waals surface area contributed by atoms with Gasteiger partial charge in [0.1, 0.15) is 18.5 Å². The van der Waals surface area contributed by atoms with Gasteiger partial charge < -0.3 is 15.2 Å². The van der Waals surface area contributed by atoms with E-state index in [1.807, 2.05) is 12.2 Å². The topological polar surface area (TPSA) is 58.6 Å². The number of benzene rings is 1. The minimum Gasteiger partial charge on any atom is -0.491 e. The Balaban J connectivity index is 1.71. The van der Waals surface area contributed by atoms with E-state index < -0.39 is 17.7 Å². The van der Waals surface area contributed by atoms with Gasteiger partial charge in [-0.1, -0.05) is 12.2 Å². The smallest absolute Gasteiger partial charge is 0.223 e. The van der Waals surface area contributed by atoms with Crippen molar-refractivity contribution in [2.45, 2.75) is 25.4 Å². The van der Waals surface area contributed by atoms with E-state index in [0.29, 0.717) is 6.42 Å². The Morgan fingerprint density at radius 1 is 1.36 bits per heavy atom. The van der Waals surface area contributed by atoms with E-state index in [4.69, 9.17) is 4.74 Å². The predicted molar refractivity (Wildman–Crippen MR) is 77.4 cm³/mol. The molecule has 22 heavy (non-hydrogen) atoms. The van der Waals surface area contributed by atoms with E-state index in [9.17, 15) is 18.7 Å². The van der Waals surface area contributed by atoms with E-state index in [-0.39, 0.29) is 30.7 Å². The van der Waals surface area contributed by atoms with Crippen molar-refractivity contribution in [1.29, 1.82) is 0 Å². The van der Waals surface area contributed by atoms with Gasteiger partial charge in [-0.3, -0.25) is 4.79 Å². The van der Waals surface area contributed by atoms with Gasteiger partial charge >= 0.3 is 0 Å². The fraction of sp³-hybridized carbons (Fsp3) is 0.438. The highest BCUT2D eigenvalue weighted by Gasteiger charge is 2.19. The number of rotatable bonds is 6. The highest BCUT2D eigenvalue weighted by atomic mass is 19.2. The third-order valence-corrected chi connectivity index (χ3v) is 3.49. The summed E-state index contributed by atoms with van der Waals surface area (Å²) in [5.41, 5.74) is 0. The van der Waals surface area contributed by atoms with Crippen LogP contribution in [-0.4, -0.2) is 30.3 Å². The predicted octanol–water partition coefficient (Wildman–Crippen LogP) is 2.18. The van der Waals surface area contributed by atoms with Crippen molar-refractivity contribution >= 4 is 5.91 Å². The van der Waals surface area contributed by atoms with Gasteiger partial charge in [-0.05, 0) is 31.4 Å². The number of nitrogens with one attached hydrogen (secondary N) is 1. The van der Waals surface area contributed by atoms with E-state index in [0.717, 1.165) is 25.0 Å². The van der Waals surface area contributed by atoms with E-state index in [1.165, 1.54) is 6.07 Å². The Morgan fingerprint density at radius 3 is 2.86 bits per heavy atom. The summed E-state index contributed by atoms with van der Waals surface area (Å²) < 4.78 is 30.9. The molecule has 2 rings (SSSR count). The number of allylic oxidation sites excluding steroid dienone is 2. The Hall–Kier alpha value is -1.95. The van der Waals surface area contributed by atoms with Crippen LogP contribution in [0, 0.1) is 17.6 Å². The van der Waals surface area contributed by atoms with Crippen LogP contribution in [0.3, 0.4) is 0 Å². The van der Waals surface area contributed by atoms with Crippen LogP contribution in [0.25, 0.3) is 0 Å². The minimum absolute atomic E-state index is 0.0516. The molecule has 1 aliphatic rings. The quantitative estimate of drug-likeness (QED) is 0.792. The third-order valence-electron chi connectivity index (χ3n) is 3.49. The van der Waals surface area contributed by atoms with Crippen molar-refractivity contribution in [2.75, 3.05) is 13.2 Å². The molecule has 0 saturated heterocycles. The van der Waals surface area contributed by atoms with Crippen LogP contribution < -0.4 is 10.1 Å². The maximum atomic E-state index is 13.0. The number of hydrogen-bond donors (Lipinski definition) is 2. The van der Waals surface area contributed by atoms with E-state index >= 15 is 0 Å². The molecule has 1 aromatic rings. The van der Waals surface area contributed by atoms with E-state index in [1.54, 1.807) is 0 Å². The number of halogens is 2. The summed E-state index contributed by atoms with van der Waals surface area (Å²) in [5, 5.41) is 12.4. The number of aliphatic hydroxyl groups is 1. The fourth-order valence-electron chi connectivity index (χ4n) is 2.21. The number of hydrogen-bond acceptors (Lipinski definition) is 3. The molecular weight excluding hydrogens is 292 g/mol. The molecule has 0 spiro atoms. The van der Waals surface area contributed by atoms with Crippen LogP contribution in [0.2, 0.25) is 0 Å². The van der Waals surface area contributed by atoms with Crippen molar-refractivity contribution in [3.63, 3.8) is 0 Å². The highest BCUT2D eigenvalue weighted by Crippen LogP contribution is 2.18. The van der Waals surface area contributed by atoms with Crippen molar-refractivity contribution < 1.29 is 23.4 Å². The molecule has 0 unspecified atom stereocenters. The maximum absolute atomic E-state index is 13.0. The van der Waals surface area contributed by atoms with Gasteiger partial charge in [-0.25, -0.2) is 8.78 Å². The zero-order chi connectivity index (χ0) is 15.9. The molecule has 0 saturated carbocycles. The highest BCUT2D eigenvalue weighted by molar-refractivity contribution is 5.78. The Labute approximate surface area is 127 Å². The summed E-state index contributed by atoms with van der Waals surface area (Å²) in [6.45, 7) is -0.0569. The summed E-state index contributed by atoms with van der Waals surface area (Å²) >= 11 is 0. The number of aliphatic hydroxyl groups excluding tert-OH is 1. The summed E-state index contributed by atoms with van der Waals surface area (Å²) in [6.07, 6.45) is 5.53. The van der Waals surface area contributed by atoms with Crippen molar-refractivity contribution in [3.05, 3.63) is 42.0 Å². The van der Waals surface area contributed by atoms with Gasteiger partial charge in [0.05, 0.1) is 0 Å². The standard InChI is InChI=1S/C16H19F2NO3/c17-14-7-6-13(8-15(14)18)22-10-12(20)9-19-16(21)11-4-2-1-3-5-11/h1-2,6-8,11-12,20H,3-5,9-10H2,(H,19,21)/t11-,12-/m0/s1. The molecule has 6 heteroatoms. The molecular formula is C16H19F2NO3. The van der Waals surface area contributed by atoms with E-state index in [2.05, 4.69) is 5.32 Å². The Morgan fingerprint density at radius 2 is 2.18 bits per heavy atom. The molecule has 1 amide bonds. The molecule has 2 atom stereocenters. The Kier molecular flexibility index (Phi) is 5.89. The largest absolute Gasteiger partial charge is 0.491 e. The van der Waals surface area contributed by atoms with Crippen LogP contribution in [0.4, 0.5) is 8.78 Å².